The second-order valence-electron chi connectivity index (χ2n) is 6.78. The molecule has 1 atom stereocenters. The van der Waals surface area contributed by atoms with Gasteiger partial charge in [0.15, 0.2) is 0 Å². The van der Waals surface area contributed by atoms with Crippen LogP contribution in [0.15, 0.2) is 48.8 Å². The summed E-state index contributed by atoms with van der Waals surface area (Å²) in [5.74, 6) is 0.521. The number of anilines is 1. The lowest BCUT2D eigenvalue weighted by Gasteiger charge is -2.23. The van der Waals surface area contributed by atoms with E-state index in [1.54, 1.807) is 12.4 Å². The lowest BCUT2D eigenvalue weighted by molar-refractivity contribution is 0.00342. The molecule has 0 saturated carbocycles. The van der Waals surface area contributed by atoms with Gasteiger partial charge in [-0.15, -0.1) is 0 Å². The van der Waals surface area contributed by atoms with E-state index in [9.17, 15) is 4.79 Å². The van der Waals surface area contributed by atoms with Gasteiger partial charge in [-0.05, 0) is 43.9 Å². The van der Waals surface area contributed by atoms with Gasteiger partial charge in [-0.3, -0.25) is 10.3 Å². The number of fused-ring (bicyclic) bond motifs is 1. The Morgan fingerprint density at radius 3 is 2.96 bits per heavy atom. The molecule has 3 heterocycles. The molecule has 138 valence electrons. The number of hydrogen-bond acceptors (Lipinski definition) is 4. The van der Waals surface area contributed by atoms with E-state index in [4.69, 9.17) is 4.74 Å². The van der Waals surface area contributed by atoms with Gasteiger partial charge < -0.3 is 10.1 Å². The summed E-state index contributed by atoms with van der Waals surface area (Å²) in [5.41, 5.74) is 3.78. The minimum Gasteiger partial charge on any atom is -0.358 e. The van der Waals surface area contributed by atoms with E-state index in [1.807, 2.05) is 37.3 Å². The van der Waals surface area contributed by atoms with Crippen LogP contribution in [-0.2, 0) is 4.74 Å². The predicted octanol–water partition coefficient (Wildman–Crippen LogP) is 4.25. The molecule has 3 aromatic rings. The topological polar surface area (TPSA) is 76.1 Å². The fraction of sp³-hybridized carbons (Fsp3) is 0.286. The Labute approximate surface area is 158 Å². The third kappa shape index (κ3) is 4.06. The monoisotopic (exact) mass is 362 g/mol. The average Bonchev–Trinajstić information content (AvgIpc) is 2.68. The van der Waals surface area contributed by atoms with E-state index in [2.05, 4.69) is 26.7 Å². The molecule has 6 heteroatoms. The van der Waals surface area contributed by atoms with Crippen molar-refractivity contribution in [1.29, 1.82) is 0 Å². The van der Waals surface area contributed by atoms with Crippen molar-refractivity contribution in [3.8, 4) is 11.1 Å². The van der Waals surface area contributed by atoms with Gasteiger partial charge in [-0.25, -0.2) is 9.78 Å². The number of nitrogens with zero attached hydrogens (tertiary/aromatic N) is 2. The van der Waals surface area contributed by atoms with Gasteiger partial charge in [0.1, 0.15) is 12.0 Å². The fourth-order valence-corrected chi connectivity index (χ4v) is 3.29. The van der Waals surface area contributed by atoms with Crippen LogP contribution >= 0.6 is 0 Å². The predicted molar refractivity (Wildman–Crippen MR) is 105 cm³/mol. The number of carbonyl (C=O) groups is 1. The van der Waals surface area contributed by atoms with Crippen LogP contribution in [0.3, 0.4) is 0 Å². The van der Waals surface area contributed by atoms with Crippen LogP contribution in [0.5, 0.6) is 0 Å². The first kappa shape index (κ1) is 17.4. The van der Waals surface area contributed by atoms with E-state index in [1.165, 1.54) is 0 Å². The number of aryl methyl sites for hydroxylation is 1. The maximum atomic E-state index is 12.5. The molecule has 27 heavy (non-hydrogen) atoms. The largest absolute Gasteiger partial charge is 0.358 e. The number of rotatable bonds is 3. The number of benzene rings is 1. The third-order valence-electron chi connectivity index (χ3n) is 4.65. The molecule has 1 unspecified atom stereocenters. The van der Waals surface area contributed by atoms with Crippen molar-refractivity contribution in [3.63, 3.8) is 0 Å². The number of ether oxygens (including phenoxy) is 1. The Hall–Kier alpha value is -2.99. The quantitative estimate of drug-likeness (QED) is 0.730. The summed E-state index contributed by atoms with van der Waals surface area (Å²) in [6.45, 7) is 2.72. The standard InChI is InChI=1S/C21H22N4O2/c1-14-5-4-6-15(11-14)17-12-16-13-22-9-8-18(16)23-20(17)25-21(26)24-19-7-2-3-10-27-19/h4-6,8-9,11-13,19H,2-3,7,10H2,1H3,(H2,23,24,25,26). The van der Waals surface area contributed by atoms with Crippen molar-refractivity contribution in [2.75, 3.05) is 11.9 Å². The van der Waals surface area contributed by atoms with E-state index in [-0.39, 0.29) is 12.3 Å². The van der Waals surface area contributed by atoms with E-state index in [0.29, 0.717) is 12.4 Å². The van der Waals surface area contributed by atoms with Crippen LogP contribution in [0.25, 0.3) is 22.0 Å². The number of hydrogen-bond donors (Lipinski definition) is 2. The molecule has 1 aliphatic rings. The normalized spacial score (nSPS) is 16.9. The van der Waals surface area contributed by atoms with Crippen molar-refractivity contribution in [2.24, 2.45) is 0 Å². The van der Waals surface area contributed by atoms with Gasteiger partial charge in [0.2, 0.25) is 0 Å². The average molecular weight is 362 g/mol. The summed E-state index contributed by atoms with van der Waals surface area (Å²) >= 11 is 0. The molecule has 2 aromatic heterocycles. The molecule has 1 fully saturated rings. The summed E-state index contributed by atoms with van der Waals surface area (Å²) in [5, 5.41) is 6.71. The smallest absolute Gasteiger partial charge is 0.322 e. The first-order chi connectivity index (χ1) is 13.2. The molecule has 2 amide bonds. The Balaban J connectivity index is 1.67. The zero-order valence-electron chi connectivity index (χ0n) is 15.2. The van der Waals surface area contributed by atoms with E-state index in [0.717, 1.165) is 46.9 Å². The Bertz CT molecular complexity index is 967. The number of aromatic nitrogens is 2. The van der Waals surface area contributed by atoms with E-state index < -0.39 is 0 Å². The summed E-state index contributed by atoms with van der Waals surface area (Å²) in [4.78, 5) is 21.4. The molecular weight excluding hydrogens is 340 g/mol. The SMILES string of the molecule is Cc1cccc(-c2cc3cnccc3nc2NC(=O)NC2CCCCO2)c1. The van der Waals surface area contributed by atoms with Gasteiger partial charge in [0.05, 0.1) is 5.52 Å². The second-order valence-corrected chi connectivity index (χ2v) is 6.78. The zero-order valence-corrected chi connectivity index (χ0v) is 15.2. The van der Waals surface area contributed by atoms with Crippen molar-refractivity contribution in [2.45, 2.75) is 32.4 Å². The van der Waals surface area contributed by atoms with Crippen LogP contribution in [0, 0.1) is 6.92 Å². The van der Waals surface area contributed by atoms with Crippen molar-refractivity contribution in [1.82, 2.24) is 15.3 Å². The van der Waals surface area contributed by atoms with Crippen molar-refractivity contribution >= 4 is 22.8 Å². The molecule has 4 rings (SSSR count). The first-order valence-electron chi connectivity index (χ1n) is 9.20. The van der Waals surface area contributed by atoms with Crippen LogP contribution in [-0.4, -0.2) is 28.8 Å². The Kier molecular flexibility index (Phi) is 4.98. The number of pyridine rings is 2. The Morgan fingerprint density at radius 2 is 2.15 bits per heavy atom. The first-order valence-corrected chi connectivity index (χ1v) is 9.20. The van der Waals surface area contributed by atoms with Crippen LogP contribution in [0.1, 0.15) is 24.8 Å². The van der Waals surface area contributed by atoms with Gasteiger partial charge in [0, 0.05) is 30.0 Å². The molecule has 6 nitrogen and oxygen atoms in total. The van der Waals surface area contributed by atoms with Crippen LogP contribution in [0.2, 0.25) is 0 Å². The number of urea groups is 1. The molecule has 0 bridgehead atoms. The molecule has 1 saturated heterocycles. The van der Waals surface area contributed by atoms with Gasteiger partial charge in [-0.1, -0.05) is 29.8 Å². The number of nitrogens with one attached hydrogen (secondary N) is 2. The molecule has 2 N–H and O–H groups in total. The summed E-state index contributed by atoms with van der Waals surface area (Å²) in [7, 11) is 0. The minimum atomic E-state index is -0.309. The number of amides is 2. The zero-order chi connectivity index (χ0) is 18.6. The second kappa shape index (κ2) is 7.72. The van der Waals surface area contributed by atoms with Crippen molar-refractivity contribution in [3.05, 3.63) is 54.4 Å². The highest BCUT2D eigenvalue weighted by atomic mass is 16.5. The molecule has 1 aliphatic heterocycles. The van der Waals surface area contributed by atoms with Gasteiger partial charge >= 0.3 is 6.03 Å². The van der Waals surface area contributed by atoms with Gasteiger partial charge in [0.25, 0.3) is 0 Å². The summed E-state index contributed by atoms with van der Waals surface area (Å²) < 4.78 is 5.59. The van der Waals surface area contributed by atoms with Crippen LogP contribution < -0.4 is 10.6 Å². The maximum Gasteiger partial charge on any atom is 0.322 e. The molecule has 0 radical (unpaired) electrons. The summed E-state index contributed by atoms with van der Waals surface area (Å²) in [6.07, 6.45) is 6.15. The third-order valence-corrected chi connectivity index (χ3v) is 4.65. The molecule has 0 spiro atoms. The lowest BCUT2D eigenvalue weighted by atomic mass is 10.0. The highest BCUT2D eigenvalue weighted by molar-refractivity contribution is 5.96. The minimum absolute atomic E-state index is 0.245. The summed E-state index contributed by atoms with van der Waals surface area (Å²) in [6, 6.07) is 11.7. The highest BCUT2D eigenvalue weighted by Crippen LogP contribution is 2.30. The van der Waals surface area contributed by atoms with Crippen molar-refractivity contribution < 1.29 is 9.53 Å². The van der Waals surface area contributed by atoms with Crippen LogP contribution in [0.4, 0.5) is 10.6 Å². The van der Waals surface area contributed by atoms with Gasteiger partial charge in [-0.2, -0.15) is 0 Å². The maximum absolute atomic E-state index is 12.5. The molecule has 1 aromatic carbocycles. The fourth-order valence-electron chi connectivity index (χ4n) is 3.29. The lowest BCUT2D eigenvalue weighted by Crippen LogP contribution is -2.41. The molecule has 0 aliphatic carbocycles. The highest BCUT2D eigenvalue weighted by Gasteiger charge is 2.18. The number of carbonyl (C=O) groups excluding carboxylic acids is 1. The Morgan fingerprint density at radius 1 is 1.22 bits per heavy atom. The molecular formula is C21H22N4O2. The van der Waals surface area contributed by atoms with E-state index >= 15 is 0 Å².